The minimum Gasteiger partial charge on any atom is -0.380 e. The standard InChI is InChI=1S/C11H25NO2/c1-10(11(2,3)4)14-8-5-7-13-9-6-12/h10H,5-9,12H2,1-4H3/t10-/m0/s1. The lowest BCUT2D eigenvalue weighted by atomic mass is 9.90. The zero-order valence-electron chi connectivity index (χ0n) is 10.0. The Kier molecular flexibility index (Phi) is 7.15. The zero-order chi connectivity index (χ0) is 11.0. The summed E-state index contributed by atoms with van der Waals surface area (Å²) >= 11 is 0. The first kappa shape index (κ1) is 13.9. The van der Waals surface area contributed by atoms with Crippen LogP contribution in [0.25, 0.3) is 0 Å². The highest BCUT2D eigenvalue weighted by atomic mass is 16.5. The summed E-state index contributed by atoms with van der Waals surface area (Å²) in [5.74, 6) is 0. The van der Waals surface area contributed by atoms with Gasteiger partial charge in [0.15, 0.2) is 0 Å². The second-order valence-electron chi connectivity index (χ2n) is 4.63. The third-order valence-corrected chi connectivity index (χ3v) is 2.28. The molecule has 0 unspecified atom stereocenters. The minimum atomic E-state index is 0.220. The van der Waals surface area contributed by atoms with Crippen molar-refractivity contribution in [2.45, 2.75) is 40.2 Å². The largest absolute Gasteiger partial charge is 0.380 e. The lowest BCUT2D eigenvalue weighted by molar-refractivity contribution is -0.0141. The number of ether oxygens (including phenoxy) is 2. The van der Waals surface area contributed by atoms with Crippen LogP contribution in [-0.4, -0.2) is 32.5 Å². The Hall–Kier alpha value is -0.120. The van der Waals surface area contributed by atoms with E-state index >= 15 is 0 Å². The highest BCUT2D eigenvalue weighted by Crippen LogP contribution is 2.21. The van der Waals surface area contributed by atoms with Gasteiger partial charge in [0, 0.05) is 19.8 Å². The normalized spacial score (nSPS) is 14.4. The van der Waals surface area contributed by atoms with Crippen molar-refractivity contribution >= 4 is 0 Å². The van der Waals surface area contributed by atoms with E-state index in [0.717, 1.165) is 19.6 Å². The van der Waals surface area contributed by atoms with E-state index in [9.17, 15) is 0 Å². The van der Waals surface area contributed by atoms with Crippen molar-refractivity contribution < 1.29 is 9.47 Å². The van der Waals surface area contributed by atoms with E-state index in [2.05, 4.69) is 27.7 Å². The van der Waals surface area contributed by atoms with Crippen molar-refractivity contribution in [3.63, 3.8) is 0 Å². The summed E-state index contributed by atoms with van der Waals surface area (Å²) < 4.78 is 10.9. The molecule has 0 bridgehead atoms. The molecule has 0 saturated heterocycles. The van der Waals surface area contributed by atoms with Gasteiger partial charge >= 0.3 is 0 Å². The third-order valence-electron chi connectivity index (χ3n) is 2.28. The average molecular weight is 203 g/mol. The molecule has 0 aromatic rings. The number of nitrogens with two attached hydrogens (primary N) is 1. The molecule has 0 aliphatic carbocycles. The quantitative estimate of drug-likeness (QED) is 0.642. The number of hydrogen-bond donors (Lipinski definition) is 1. The topological polar surface area (TPSA) is 44.5 Å². The molecule has 1 atom stereocenters. The summed E-state index contributed by atoms with van der Waals surface area (Å²) in [4.78, 5) is 0. The molecule has 0 aromatic heterocycles. The molecule has 3 heteroatoms. The van der Waals surface area contributed by atoms with Crippen LogP contribution in [0, 0.1) is 5.41 Å². The van der Waals surface area contributed by atoms with E-state index in [1.54, 1.807) is 0 Å². The number of hydrogen-bond acceptors (Lipinski definition) is 3. The second-order valence-corrected chi connectivity index (χ2v) is 4.63. The average Bonchev–Trinajstić information content (AvgIpc) is 2.09. The monoisotopic (exact) mass is 203 g/mol. The SMILES string of the molecule is C[C@H](OCCCOCCN)C(C)(C)C. The van der Waals surface area contributed by atoms with Gasteiger partial charge in [0.05, 0.1) is 12.7 Å². The summed E-state index contributed by atoms with van der Waals surface area (Å²) in [7, 11) is 0. The van der Waals surface area contributed by atoms with Gasteiger partial charge < -0.3 is 15.2 Å². The fourth-order valence-corrected chi connectivity index (χ4v) is 0.856. The van der Waals surface area contributed by atoms with Crippen LogP contribution >= 0.6 is 0 Å². The maximum absolute atomic E-state index is 5.68. The molecule has 3 nitrogen and oxygen atoms in total. The van der Waals surface area contributed by atoms with Gasteiger partial charge in [-0.1, -0.05) is 20.8 Å². The molecule has 0 rings (SSSR count). The fraction of sp³-hybridized carbons (Fsp3) is 1.00. The molecule has 0 aliphatic rings. The maximum atomic E-state index is 5.68. The van der Waals surface area contributed by atoms with Gasteiger partial charge in [0.2, 0.25) is 0 Å². The Morgan fingerprint density at radius 3 is 2.29 bits per heavy atom. The molecule has 86 valence electrons. The molecule has 0 aliphatic heterocycles. The highest BCUT2D eigenvalue weighted by molar-refractivity contribution is 4.69. The Morgan fingerprint density at radius 2 is 1.79 bits per heavy atom. The van der Waals surface area contributed by atoms with Gasteiger partial charge in [-0.05, 0) is 18.8 Å². The minimum absolute atomic E-state index is 0.220. The second kappa shape index (κ2) is 7.21. The van der Waals surface area contributed by atoms with Gasteiger partial charge in [-0.25, -0.2) is 0 Å². The van der Waals surface area contributed by atoms with Gasteiger partial charge in [-0.3, -0.25) is 0 Å². The molecule has 0 amide bonds. The third kappa shape index (κ3) is 7.30. The van der Waals surface area contributed by atoms with Gasteiger partial charge in [-0.15, -0.1) is 0 Å². The molecule has 0 fully saturated rings. The molecule has 0 radical (unpaired) electrons. The van der Waals surface area contributed by atoms with E-state index in [0.29, 0.717) is 13.2 Å². The van der Waals surface area contributed by atoms with Crippen LogP contribution < -0.4 is 5.73 Å². The first-order chi connectivity index (χ1) is 6.48. The molecule has 14 heavy (non-hydrogen) atoms. The van der Waals surface area contributed by atoms with Crippen molar-refractivity contribution in [2.24, 2.45) is 11.1 Å². The van der Waals surface area contributed by atoms with Crippen molar-refractivity contribution in [3.05, 3.63) is 0 Å². The summed E-state index contributed by atoms with van der Waals surface area (Å²) in [5, 5.41) is 0. The van der Waals surface area contributed by atoms with Crippen LogP contribution in [0.5, 0.6) is 0 Å². The van der Waals surface area contributed by atoms with Crippen LogP contribution in [0.2, 0.25) is 0 Å². The summed E-state index contributed by atoms with van der Waals surface area (Å²) in [6.07, 6.45) is 1.23. The molecule has 0 heterocycles. The summed E-state index contributed by atoms with van der Waals surface area (Å²) in [6.45, 7) is 11.4. The predicted octanol–water partition coefficient (Wildman–Crippen LogP) is 1.80. The molecule has 0 saturated carbocycles. The molecular formula is C11H25NO2. The molecule has 0 aromatic carbocycles. The van der Waals surface area contributed by atoms with Crippen molar-refractivity contribution in [3.8, 4) is 0 Å². The Morgan fingerprint density at radius 1 is 1.14 bits per heavy atom. The van der Waals surface area contributed by atoms with Crippen LogP contribution in [0.3, 0.4) is 0 Å². The molecule has 0 spiro atoms. The van der Waals surface area contributed by atoms with Crippen LogP contribution in [-0.2, 0) is 9.47 Å². The smallest absolute Gasteiger partial charge is 0.0595 e. The van der Waals surface area contributed by atoms with E-state index < -0.39 is 0 Å². The Labute approximate surface area is 88.0 Å². The van der Waals surface area contributed by atoms with E-state index in [-0.39, 0.29) is 11.5 Å². The lowest BCUT2D eigenvalue weighted by Gasteiger charge is -2.27. The Balaban J connectivity index is 3.28. The first-order valence-corrected chi connectivity index (χ1v) is 5.38. The van der Waals surface area contributed by atoms with E-state index in [1.165, 1.54) is 0 Å². The van der Waals surface area contributed by atoms with Crippen molar-refractivity contribution in [1.82, 2.24) is 0 Å². The first-order valence-electron chi connectivity index (χ1n) is 5.38. The summed E-state index contributed by atoms with van der Waals surface area (Å²) in [6, 6.07) is 0. The maximum Gasteiger partial charge on any atom is 0.0595 e. The molecular weight excluding hydrogens is 178 g/mol. The van der Waals surface area contributed by atoms with Gasteiger partial charge in [-0.2, -0.15) is 0 Å². The summed E-state index contributed by atoms with van der Waals surface area (Å²) in [5.41, 5.74) is 5.51. The van der Waals surface area contributed by atoms with Crippen LogP contribution in [0.1, 0.15) is 34.1 Å². The lowest BCUT2D eigenvalue weighted by Crippen LogP contribution is -2.26. The van der Waals surface area contributed by atoms with E-state index in [1.807, 2.05) is 0 Å². The van der Waals surface area contributed by atoms with E-state index in [4.69, 9.17) is 15.2 Å². The fourth-order valence-electron chi connectivity index (χ4n) is 0.856. The predicted molar refractivity (Wildman–Crippen MR) is 59.4 cm³/mol. The zero-order valence-corrected chi connectivity index (χ0v) is 10.0. The molecule has 2 N–H and O–H groups in total. The Bertz CT molecular complexity index is 132. The van der Waals surface area contributed by atoms with Crippen molar-refractivity contribution in [2.75, 3.05) is 26.4 Å². The number of rotatable bonds is 7. The van der Waals surface area contributed by atoms with Crippen LogP contribution in [0.15, 0.2) is 0 Å². The van der Waals surface area contributed by atoms with Gasteiger partial charge in [0.1, 0.15) is 0 Å². The van der Waals surface area contributed by atoms with Crippen molar-refractivity contribution in [1.29, 1.82) is 0 Å². The van der Waals surface area contributed by atoms with Gasteiger partial charge in [0.25, 0.3) is 0 Å². The highest BCUT2D eigenvalue weighted by Gasteiger charge is 2.19. The van der Waals surface area contributed by atoms with Crippen LogP contribution in [0.4, 0.5) is 0 Å².